The lowest BCUT2D eigenvalue weighted by atomic mass is 10.0. The smallest absolute Gasteiger partial charge is 0.458 e. The van der Waals surface area contributed by atoms with Crippen LogP contribution in [0.1, 0.15) is 11.1 Å². The Morgan fingerprint density at radius 3 is 2.24 bits per heavy atom. The Balaban J connectivity index is 3.11. The summed E-state index contributed by atoms with van der Waals surface area (Å²) < 4.78 is 62.0. The lowest BCUT2D eigenvalue weighted by Crippen LogP contribution is -2.33. The van der Waals surface area contributed by atoms with Crippen LogP contribution in [0.5, 0.6) is 0 Å². The summed E-state index contributed by atoms with van der Waals surface area (Å²) in [5.74, 6) is -6.29. The second kappa shape index (κ2) is 4.31. The van der Waals surface area contributed by atoms with Gasteiger partial charge in [0.1, 0.15) is 0 Å². The van der Waals surface area contributed by atoms with Crippen molar-refractivity contribution >= 4 is 5.97 Å². The molecule has 1 N–H and O–H groups in total. The van der Waals surface area contributed by atoms with E-state index < -0.39 is 30.1 Å². The zero-order chi connectivity index (χ0) is 13.3. The first-order valence-corrected chi connectivity index (χ1v) is 4.40. The van der Waals surface area contributed by atoms with Crippen molar-refractivity contribution in [2.24, 2.45) is 0 Å². The molecule has 0 aliphatic rings. The van der Waals surface area contributed by atoms with Crippen LogP contribution >= 0.6 is 0 Å². The molecule has 0 saturated carbocycles. The Labute approximate surface area is 92.7 Å². The molecule has 0 aliphatic heterocycles. The normalized spacial score (nSPS) is 12.5. The summed E-state index contributed by atoms with van der Waals surface area (Å²) >= 11 is 0. The van der Waals surface area contributed by atoms with Crippen molar-refractivity contribution in [2.45, 2.75) is 18.5 Å². The van der Waals surface area contributed by atoms with E-state index in [4.69, 9.17) is 5.11 Å². The van der Waals surface area contributed by atoms with Gasteiger partial charge in [-0.05, 0) is 11.6 Å². The van der Waals surface area contributed by atoms with Gasteiger partial charge >= 0.3 is 18.1 Å². The molecule has 17 heavy (non-hydrogen) atoms. The number of alkyl halides is 5. The van der Waals surface area contributed by atoms with Crippen LogP contribution in [0.4, 0.5) is 22.0 Å². The van der Waals surface area contributed by atoms with Gasteiger partial charge in [0.25, 0.3) is 0 Å². The van der Waals surface area contributed by atoms with Crippen LogP contribution in [0, 0.1) is 0 Å². The van der Waals surface area contributed by atoms with E-state index in [-0.39, 0.29) is 5.56 Å². The van der Waals surface area contributed by atoms with Gasteiger partial charge in [-0.1, -0.05) is 18.2 Å². The maximum Gasteiger partial charge on any atom is 0.458 e. The summed E-state index contributed by atoms with van der Waals surface area (Å²) in [6.07, 6.45) is -6.31. The first-order chi connectivity index (χ1) is 7.64. The van der Waals surface area contributed by atoms with Crippen LogP contribution in [-0.4, -0.2) is 17.3 Å². The van der Waals surface area contributed by atoms with Crippen LogP contribution in [0.2, 0.25) is 0 Å². The highest BCUT2D eigenvalue weighted by Crippen LogP contribution is 2.43. The zero-order valence-electron chi connectivity index (χ0n) is 8.26. The number of carboxylic acid groups (broad SMARTS) is 1. The third-order valence-corrected chi connectivity index (χ3v) is 2.00. The number of halogens is 5. The van der Waals surface area contributed by atoms with Crippen molar-refractivity contribution in [1.82, 2.24) is 0 Å². The standard InChI is InChI=1S/C10H7F5O2/c11-9(12,10(13,14)15)7-3-1-2-6(4-7)5-8(16)17/h1-4H,5H2,(H,16,17). The summed E-state index contributed by atoms with van der Waals surface area (Å²) in [7, 11) is 0. The van der Waals surface area contributed by atoms with E-state index in [1.807, 2.05) is 0 Å². The number of hydrogen-bond donors (Lipinski definition) is 1. The van der Waals surface area contributed by atoms with Crippen molar-refractivity contribution in [3.63, 3.8) is 0 Å². The molecule has 2 nitrogen and oxygen atoms in total. The zero-order valence-corrected chi connectivity index (χ0v) is 8.26. The van der Waals surface area contributed by atoms with Gasteiger partial charge in [0.05, 0.1) is 6.42 Å². The number of benzene rings is 1. The number of rotatable bonds is 3. The lowest BCUT2D eigenvalue weighted by molar-refractivity contribution is -0.289. The van der Waals surface area contributed by atoms with Gasteiger partial charge in [-0.3, -0.25) is 4.79 Å². The number of hydrogen-bond acceptors (Lipinski definition) is 1. The molecule has 0 fully saturated rings. The van der Waals surface area contributed by atoms with Crippen LogP contribution in [-0.2, 0) is 17.1 Å². The Kier molecular flexibility index (Phi) is 3.40. The number of carbonyl (C=O) groups is 1. The molecule has 1 rings (SSSR count). The van der Waals surface area contributed by atoms with E-state index in [9.17, 15) is 26.7 Å². The van der Waals surface area contributed by atoms with Gasteiger partial charge in [-0.2, -0.15) is 22.0 Å². The van der Waals surface area contributed by atoms with Gasteiger partial charge < -0.3 is 5.11 Å². The minimum Gasteiger partial charge on any atom is -0.481 e. The second-order valence-electron chi connectivity index (χ2n) is 3.34. The fraction of sp³-hybridized carbons (Fsp3) is 0.300. The SMILES string of the molecule is O=C(O)Cc1cccc(C(F)(F)C(F)(F)F)c1. The van der Waals surface area contributed by atoms with E-state index in [2.05, 4.69) is 0 Å². The van der Waals surface area contributed by atoms with E-state index in [1.165, 1.54) is 6.07 Å². The summed E-state index contributed by atoms with van der Waals surface area (Å²) in [5.41, 5.74) is -1.37. The molecule has 0 bridgehead atoms. The van der Waals surface area contributed by atoms with Gasteiger partial charge in [0.15, 0.2) is 0 Å². The molecule has 1 aromatic rings. The Morgan fingerprint density at radius 2 is 1.76 bits per heavy atom. The van der Waals surface area contributed by atoms with Crippen LogP contribution < -0.4 is 0 Å². The first kappa shape index (κ1) is 13.4. The average molecular weight is 254 g/mol. The van der Waals surface area contributed by atoms with Crippen molar-refractivity contribution in [2.75, 3.05) is 0 Å². The summed E-state index contributed by atoms with van der Waals surface area (Å²) in [6.45, 7) is 0. The van der Waals surface area contributed by atoms with E-state index in [0.717, 1.165) is 6.07 Å². The van der Waals surface area contributed by atoms with E-state index in [1.54, 1.807) is 0 Å². The fourth-order valence-corrected chi connectivity index (χ4v) is 1.21. The second-order valence-corrected chi connectivity index (χ2v) is 3.34. The molecule has 7 heteroatoms. The highest BCUT2D eigenvalue weighted by atomic mass is 19.4. The van der Waals surface area contributed by atoms with Crippen molar-refractivity contribution in [3.8, 4) is 0 Å². The summed E-state index contributed by atoms with van der Waals surface area (Å²) in [6, 6.07) is 3.29. The molecule has 0 saturated heterocycles. The molecule has 0 atom stereocenters. The van der Waals surface area contributed by atoms with Crippen LogP contribution in [0.15, 0.2) is 24.3 Å². The van der Waals surface area contributed by atoms with E-state index >= 15 is 0 Å². The maximum absolute atomic E-state index is 12.9. The lowest BCUT2D eigenvalue weighted by Gasteiger charge is -2.20. The Morgan fingerprint density at radius 1 is 1.18 bits per heavy atom. The highest BCUT2D eigenvalue weighted by molar-refractivity contribution is 5.70. The molecule has 1 aromatic carbocycles. The van der Waals surface area contributed by atoms with Gasteiger partial charge in [0.2, 0.25) is 0 Å². The molecule has 0 amide bonds. The predicted octanol–water partition coefficient (Wildman–Crippen LogP) is 2.97. The minimum absolute atomic E-state index is 0.112. The van der Waals surface area contributed by atoms with Gasteiger partial charge in [-0.25, -0.2) is 0 Å². The van der Waals surface area contributed by atoms with Gasteiger partial charge in [-0.15, -0.1) is 0 Å². The molecule has 94 valence electrons. The topological polar surface area (TPSA) is 37.3 Å². The summed E-state index contributed by atoms with van der Waals surface area (Å²) in [5, 5.41) is 8.41. The maximum atomic E-state index is 12.9. The first-order valence-electron chi connectivity index (χ1n) is 4.40. The molecule has 0 heterocycles. The molecular formula is C10H7F5O2. The third kappa shape index (κ3) is 2.92. The number of carboxylic acids is 1. The van der Waals surface area contributed by atoms with Crippen molar-refractivity contribution in [1.29, 1.82) is 0 Å². The van der Waals surface area contributed by atoms with Crippen molar-refractivity contribution < 1.29 is 31.9 Å². The summed E-state index contributed by atoms with van der Waals surface area (Å²) in [4.78, 5) is 10.3. The molecule has 0 unspecified atom stereocenters. The Bertz CT molecular complexity index is 425. The van der Waals surface area contributed by atoms with Crippen LogP contribution in [0.25, 0.3) is 0 Å². The highest BCUT2D eigenvalue weighted by Gasteiger charge is 2.58. The number of aliphatic carboxylic acids is 1. The van der Waals surface area contributed by atoms with E-state index in [0.29, 0.717) is 12.1 Å². The molecule has 0 spiro atoms. The predicted molar refractivity (Wildman–Crippen MR) is 47.7 cm³/mol. The molecule has 0 radical (unpaired) electrons. The van der Waals surface area contributed by atoms with Crippen molar-refractivity contribution in [3.05, 3.63) is 35.4 Å². The molecule has 0 aromatic heterocycles. The fourth-order valence-electron chi connectivity index (χ4n) is 1.21. The third-order valence-electron chi connectivity index (χ3n) is 2.00. The average Bonchev–Trinajstić information content (AvgIpc) is 2.15. The van der Waals surface area contributed by atoms with Crippen LogP contribution in [0.3, 0.4) is 0 Å². The Hall–Kier alpha value is -1.66. The monoisotopic (exact) mass is 254 g/mol. The minimum atomic E-state index is -5.70. The quantitative estimate of drug-likeness (QED) is 0.842. The molecule has 0 aliphatic carbocycles. The molecular weight excluding hydrogens is 247 g/mol. The largest absolute Gasteiger partial charge is 0.481 e. The van der Waals surface area contributed by atoms with Gasteiger partial charge in [0, 0.05) is 5.56 Å².